The van der Waals surface area contributed by atoms with Gasteiger partial charge in [-0.15, -0.1) is 0 Å². The maximum absolute atomic E-state index is 10.9. The summed E-state index contributed by atoms with van der Waals surface area (Å²) in [5.74, 6) is 0.743. The zero-order valence-corrected chi connectivity index (χ0v) is 8.33. The lowest BCUT2D eigenvalue weighted by atomic mass is 9.99. The first kappa shape index (κ1) is 11.2. The van der Waals surface area contributed by atoms with E-state index in [1.807, 2.05) is 0 Å². The summed E-state index contributed by atoms with van der Waals surface area (Å²) in [4.78, 5) is 10.9. The van der Waals surface area contributed by atoms with Crippen molar-refractivity contribution in [1.82, 2.24) is 0 Å². The Morgan fingerprint density at radius 3 is 2.42 bits per heavy atom. The van der Waals surface area contributed by atoms with E-state index in [9.17, 15) is 4.79 Å². The van der Waals surface area contributed by atoms with Crippen LogP contribution in [0.1, 0.15) is 27.7 Å². The van der Waals surface area contributed by atoms with E-state index in [1.165, 1.54) is 6.08 Å². The molecule has 0 heterocycles. The Hall–Kier alpha value is -0.790. The second kappa shape index (κ2) is 5.81. The van der Waals surface area contributed by atoms with Crippen molar-refractivity contribution >= 4 is 5.97 Å². The van der Waals surface area contributed by atoms with Gasteiger partial charge in [0, 0.05) is 6.08 Å². The molecule has 2 nitrogen and oxygen atoms in total. The van der Waals surface area contributed by atoms with Gasteiger partial charge in [0.2, 0.25) is 0 Å². The van der Waals surface area contributed by atoms with Crippen molar-refractivity contribution in [3.8, 4) is 0 Å². The highest BCUT2D eigenvalue weighted by Crippen LogP contribution is 2.09. The molecule has 0 spiro atoms. The number of hydrogen-bond donors (Lipinski definition) is 0. The summed E-state index contributed by atoms with van der Waals surface area (Å²) in [6, 6.07) is 0. The molecule has 12 heavy (non-hydrogen) atoms. The lowest BCUT2D eigenvalue weighted by Gasteiger charge is -2.14. The molecule has 0 aliphatic rings. The predicted molar refractivity (Wildman–Crippen MR) is 49.8 cm³/mol. The van der Waals surface area contributed by atoms with Gasteiger partial charge >= 0.3 is 5.97 Å². The van der Waals surface area contributed by atoms with Crippen LogP contribution >= 0.6 is 0 Å². The maximum Gasteiger partial charge on any atom is 0.330 e. The van der Waals surface area contributed by atoms with Crippen LogP contribution in [-0.2, 0) is 9.53 Å². The number of ether oxygens (including phenoxy) is 1. The predicted octanol–water partition coefficient (Wildman–Crippen LogP) is 2.40. The molecule has 0 aromatic carbocycles. The minimum absolute atomic E-state index is 0.245. The van der Waals surface area contributed by atoms with Crippen LogP contribution in [0.2, 0.25) is 0 Å². The van der Waals surface area contributed by atoms with Gasteiger partial charge in [-0.2, -0.15) is 0 Å². The van der Waals surface area contributed by atoms with Gasteiger partial charge in [0.15, 0.2) is 0 Å². The zero-order valence-electron chi connectivity index (χ0n) is 8.33. The molecule has 0 aromatic rings. The number of carbonyl (C=O) groups excluding carboxylic acids is 1. The monoisotopic (exact) mass is 170 g/mol. The standard InChI is InChI=1S/C10H18O2/c1-5-6-10(11)12-7-9(4)8(2)3/h5-6,8-9H,7H2,1-4H3. The van der Waals surface area contributed by atoms with E-state index >= 15 is 0 Å². The van der Waals surface area contributed by atoms with Crippen molar-refractivity contribution in [3.05, 3.63) is 12.2 Å². The van der Waals surface area contributed by atoms with Crippen molar-refractivity contribution in [3.63, 3.8) is 0 Å². The number of esters is 1. The maximum atomic E-state index is 10.9. The van der Waals surface area contributed by atoms with Crippen LogP contribution in [-0.4, -0.2) is 12.6 Å². The Kier molecular flexibility index (Phi) is 5.43. The molecule has 0 aromatic heterocycles. The minimum Gasteiger partial charge on any atom is -0.462 e. The normalized spacial score (nSPS) is 13.8. The molecule has 0 saturated carbocycles. The third-order valence-corrected chi connectivity index (χ3v) is 1.93. The van der Waals surface area contributed by atoms with Crippen molar-refractivity contribution in [2.75, 3.05) is 6.61 Å². The van der Waals surface area contributed by atoms with Crippen LogP contribution in [0, 0.1) is 11.8 Å². The third kappa shape index (κ3) is 4.94. The number of carbonyl (C=O) groups is 1. The Labute approximate surface area is 74.6 Å². The van der Waals surface area contributed by atoms with E-state index in [0.717, 1.165) is 0 Å². The van der Waals surface area contributed by atoms with Crippen molar-refractivity contribution in [2.24, 2.45) is 11.8 Å². The summed E-state index contributed by atoms with van der Waals surface area (Å²) in [7, 11) is 0. The summed E-state index contributed by atoms with van der Waals surface area (Å²) in [5.41, 5.74) is 0. The molecule has 0 amide bonds. The smallest absolute Gasteiger partial charge is 0.330 e. The minimum atomic E-state index is -0.245. The molecular formula is C10H18O2. The lowest BCUT2D eigenvalue weighted by Crippen LogP contribution is -2.14. The molecule has 0 fully saturated rings. The highest BCUT2D eigenvalue weighted by atomic mass is 16.5. The van der Waals surface area contributed by atoms with Crippen LogP contribution in [0.15, 0.2) is 12.2 Å². The van der Waals surface area contributed by atoms with E-state index in [-0.39, 0.29) is 5.97 Å². The molecule has 0 N–H and O–H groups in total. The first-order valence-electron chi connectivity index (χ1n) is 4.37. The zero-order chi connectivity index (χ0) is 9.56. The summed E-state index contributed by atoms with van der Waals surface area (Å²) in [5, 5.41) is 0. The van der Waals surface area contributed by atoms with E-state index in [0.29, 0.717) is 18.4 Å². The second-order valence-corrected chi connectivity index (χ2v) is 3.35. The summed E-state index contributed by atoms with van der Waals surface area (Å²) in [6.07, 6.45) is 3.12. The second-order valence-electron chi connectivity index (χ2n) is 3.35. The third-order valence-electron chi connectivity index (χ3n) is 1.93. The summed E-state index contributed by atoms with van der Waals surface area (Å²) in [6.45, 7) is 8.63. The first-order chi connectivity index (χ1) is 5.57. The molecule has 0 radical (unpaired) electrons. The van der Waals surface area contributed by atoms with Crippen molar-refractivity contribution < 1.29 is 9.53 Å². The topological polar surface area (TPSA) is 26.3 Å². The lowest BCUT2D eigenvalue weighted by molar-refractivity contribution is -0.139. The van der Waals surface area contributed by atoms with Gasteiger partial charge in [-0.3, -0.25) is 0 Å². The van der Waals surface area contributed by atoms with E-state index < -0.39 is 0 Å². The van der Waals surface area contributed by atoms with Crippen LogP contribution in [0.5, 0.6) is 0 Å². The van der Waals surface area contributed by atoms with Crippen LogP contribution < -0.4 is 0 Å². The summed E-state index contributed by atoms with van der Waals surface area (Å²) >= 11 is 0. The molecule has 70 valence electrons. The van der Waals surface area contributed by atoms with Crippen molar-refractivity contribution in [2.45, 2.75) is 27.7 Å². The molecule has 2 heteroatoms. The largest absolute Gasteiger partial charge is 0.462 e. The highest BCUT2D eigenvalue weighted by molar-refractivity contribution is 5.81. The molecule has 1 unspecified atom stereocenters. The number of hydrogen-bond acceptors (Lipinski definition) is 2. The van der Waals surface area contributed by atoms with Gasteiger partial charge in [0.1, 0.15) is 0 Å². The van der Waals surface area contributed by atoms with Gasteiger partial charge in [-0.05, 0) is 18.8 Å². The fraction of sp³-hybridized carbons (Fsp3) is 0.700. The van der Waals surface area contributed by atoms with Gasteiger partial charge in [0.05, 0.1) is 6.61 Å². The average Bonchev–Trinajstić information content (AvgIpc) is 2.00. The fourth-order valence-electron chi connectivity index (χ4n) is 0.590. The van der Waals surface area contributed by atoms with Crippen LogP contribution in [0.3, 0.4) is 0 Å². The van der Waals surface area contributed by atoms with Crippen LogP contribution in [0.4, 0.5) is 0 Å². The highest BCUT2D eigenvalue weighted by Gasteiger charge is 2.08. The quantitative estimate of drug-likeness (QED) is 0.478. The SMILES string of the molecule is CC=CC(=O)OCC(C)C(C)C. The Balaban J connectivity index is 3.61. The van der Waals surface area contributed by atoms with Crippen LogP contribution in [0.25, 0.3) is 0 Å². The van der Waals surface area contributed by atoms with Gasteiger partial charge in [0.25, 0.3) is 0 Å². The Bertz CT molecular complexity index is 159. The van der Waals surface area contributed by atoms with E-state index in [1.54, 1.807) is 13.0 Å². The molecular weight excluding hydrogens is 152 g/mol. The number of rotatable bonds is 4. The fourth-order valence-corrected chi connectivity index (χ4v) is 0.590. The van der Waals surface area contributed by atoms with Gasteiger partial charge in [-0.1, -0.05) is 26.8 Å². The van der Waals surface area contributed by atoms with E-state index in [2.05, 4.69) is 20.8 Å². The van der Waals surface area contributed by atoms with Crippen molar-refractivity contribution in [1.29, 1.82) is 0 Å². The molecule has 0 aliphatic carbocycles. The first-order valence-corrected chi connectivity index (χ1v) is 4.37. The average molecular weight is 170 g/mol. The van der Waals surface area contributed by atoms with Gasteiger partial charge in [-0.25, -0.2) is 4.79 Å². The Morgan fingerprint density at radius 2 is 2.00 bits per heavy atom. The Morgan fingerprint density at radius 1 is 1.42 bits per heavy atom. The molecule has 0 rings (SSSR count). The summed E-state index contributed by atoms with van der Waals surface area (Å²) < 4.78 is 4.98. The molecule has 0 saturated heterocycles. The molecule has 0 bridgehead atoms. The van der Waals surface area contributed by atoms with Gasteiger partial charge < -0.3 is 4.74 Å². The van der Waals surface area contributed by atoms with E-state index in [4.69, 9.17) is 4.74 Å². The molecule has 1 atom stereocenters. The number of allylic oxidation sites excluding steroid dienone is 1. The molecule has 0 aliphatic heterocycles.